The number of guanidine groups is 1. The van der Waals surface area contributed by atoms with Crippen LogP contribution in [0.2, 0.25) is 0 Å². The van der Waals surface area contributed by atoms with Crippen LogP contribution in [0.5, 0.6) is 5.75 Å². The largest absolute Gasteiger partial charge is 0.435 e. The van der Waals surface area contributed by atoms with E-state index in [9.17, 15) is 18.0 Å². The summed E-state index contributed by atoms with van der Waals surface area (Å²) in [5.74, 6) is -0.806. The number of aryl methyl sites for hydroxylation is 1. The first-order chi connectivity index (χ1) is 15.2. The Morgan fingerprint density at radius 3 is 2.34 bits per heavy atom. The van der Waals surface area contributed by atoms with Gasteiger partial charge in [-0.05, 0) is 36.8 Å². The fourth-order valence-electron chi connectivity index (χ4n) is 3.73. The summed E-state index contributed by atoms with van der Waals surface area (Å²) >= 11 is 0. The van der Waals surface area contributed by atoms with Gasteiger partial charge in [-0.3, -0.25) is 25.5 Å². The average molecular weight is 442 g/mol. The molecule has 0 fully saturated rings. The van der Waals surface area contributed by atoms with Crippen molar-refractivity contribution < 1.29 is 27.7 Å². The van der Waals surface area contributed by atoms with Crippen LogP contribution in [0.1, 0.15) is 16.7 Å². The lowest BCUT2D eigenvalue weighted by Gasteiger charge is -2.24. The van der Waals surface area contributed by atoms with Crippen molar-refractivity contribution in [1.82, 2.24) is 14.9 Å². The number of nitrogens with one attached hydrogen (secondary N) is 1. The van der Waals surface area contributed by atoms with Gasteiger partial charge in [0.1, 0.15) is 11.6 Å². The van der Waals surface area contributed by atoms with Crippen molar-refractivity contribution in [3.8, 4) is 16.9 Å². The van der Waals surface area contributed by atoms with Gasteiger partial charge in [-0.15, -0.1) is 0 Å². The fraction of sp³-hybridized carbons (Fsp3) is 0.182. The summed E-state index contributed by atoms with van der Waals surface area (Å²) in [7, 11) is 1.52. The number of rotatable bonds is 5. The third-order valence-corrected chi connectivity index (χ3v) is 5.34. The van der Waals surface area contributed by atoms with Gasteiger partial charge in [0.2, 0.25) is 5.54 Å². The van der Waals surface area contributed by atoms with E-state index >= 15 is 0 Å². The molecule has 0 saturated heterocycles. The molecule has 1 aliphatic rings. The Labute approximate surface area is 181 Å². The molecule has 0 bridgehead atoms. The highest BCUT2D eigenvalue weighted by atomic mass is 19.3. The Hall–Kier alpha value is -3.95. The Morgan fingerprint density at radius 1 is 1.06 bits per heavy atom. The minimum Gasteiger partial charge on any atom is -0.435 e. The standard InChI is InChI=1S/C22H18F3N5O2/c1-12-5-15(3-4-18(12)32-20(24)25)22(19(31)30(2)21(26)29-22)16-6-13(8-27-10-16)14-7-17(23)11-28-9-14/h3-11,20H,1-2H3,(H2,26,29)/p+1. The summed E-state index contributed by atoms with van der Waals surface area (Å²) in [4.78, 5) is 25.8. The molecule has 1 unspecified atom stereocenters. The SMILES string of the molecule is Cc1cc(C2(c3cncc(-c4cncc(F)c4)c3)[NH+]=C(N)N(C)C2=O)ccc1OC(F)F. The van der Waals surface area contributed by atoms with Crippen LogP contribution in [0.3, 0.4) is 0 Å². The average Bonchev–Trinajstić information content (AvgIpc) is 3.00. The van der Waals surface area contributed by atoms with Crippen LogP contribution in [-0.4, -0.2) is 40.4 Å². The minimum atomic E-state index is -2.98. The monoisotopic (exact) mass is 442 g/mol. The molecule has 3 heterocycles. The van der Waals surface area contributed by atoms with Gasteiger partial charge < -0.3 is 4.74 Å². The van der Waals surface area contributed by atoms with Crippen LogP contribution >= 0.6 is 0 Å². The number of alkyl halides is 2. The van der Waals surface area contributed by atoms with Crippen molar-refractivity contribution in [2.24, 2.45) is 5.73 Å². The van der Waals surface area contributed by atoms with Crippen molar-refractivity contribution in [1.29, 1.82) is 0 Å². The zero-order chi connectivity index (χ0) is 23.0. The molecule has 10 heteroatoms. The van der Waals surface area contributed by atoms with Crippen LogP contribution in [0.4, 0.5) is 13.2 Å². The molecule has 0 aliphatic carbocycles. The molecule has 3 aromatic rings. The maximum Gasteiger partial charge on any atom is 0.387 e. The number of nitrogens with two attached hydrogens (primary N) is 1. The second-order valence-corrected chi connectivity index (χ2v) is 7.34. The quantitative estimate of drug-likeness (QED) is 0.621. The highest BCUT2D eigenvalue weighted by molar-refractivity contribution is 6.03. The number of ether oxygens (including phenoxy) is 1. The zero-order valence-corrected chi connectivity index (χ0v) is 17.1. The molecular weight excluding hydrogens is 423 g/mol. The molecule has 1 aromatic carbocycles. The Balaban J connectivity index is 1.90. The fourth-order valence-corrected chi connectivity index (χ4v) is 3.73. The van der Waals surface area contributed by atoms with E-state index in [1.807, 2.05) is 0 Å². The molecule has 0 spiro atoms. The van der Waals surface area contributed by atoms with Crippen LogP contribution in [-0.2, 0) is 10.3 Å². The van der Waals surface area contributed by atoms with Gasteiger partial charge in [0, 0.05) is 40.8 Å². The Kier molecular flexibility index (Phi) is 5.29. The van der Waals surface area contributed by atoms with Crippen LogP contribution < -0.4 is 15.5 Å². The van der Waals surface area contributed by atoms with E-state index in [0.717, 1.165) is 6.20 Å². The first-order valence-electron chi connectivity index (χ1n) is 9.53. The number of amides is 1. The maximum absolute atomic E-state index is 13.7. The lowest BCUT2D eigenvalue weighted by molar-refractivity contribution is -0.525. The van der Waals surface area contributed by atoms with Gasteiger partial charge in [-0.1, -0.05) is 6.07 Å². The number of benzene rings is 1. The van der Waals surface area contributed by atoms with Crippen molar-refractivity contribution >= 4 is 11.9 Å². The molecule has 0 radical (unpaired) electrons. The summed E-state index contributed by atoms with van der Waals surface area (Å²) in [6.07, 6.45) is 5.58. The maximum atomic E-state index is 13.7. The minimum absolute atomic E-state index is 0.00707. The van der Waals surface area contributed by atoms with E-state index in [0.29, 0.717) is 27.8 Å². The predicted molar refractivity (Wildman–Crippen MR) is 109 cm³/mol. The summed E-state index contributed by atoms with van der Waals surface area (Å²) in [6, 6.07) is 7.44. The van der Waals surface area contributed by atoms with E-state index in [4.69, 9.17) is 5.73 Å². The molecular formula is C22H19F3N5O2+. The van der Waals surface area contributed by atoms with Crippen LogP contribution in [0, 0.1) is 12.7 Å². The molecule has 1 atom stereocenters. The molecule has 3 N–H and O–H groups in total. The van der Waals surface area contributed by atoms with Gasteiger partial charge in [-0.25, -0.2) is 9.29 Å². The number of carbonyl (C=O) groups excluding carboxylic acids is 1. The number of hydrogen-bond donors (Lipinski definition) is 2. The van der Waals surface area contributed by atoms with E-state index in [2.05, 4.69) is 19.7 Å². The molecule has 32 heavy (non-hydrogen) atoms. The van der Waals surface area contributed by atoms with Crippen LogP contribution in [0.25, 0.3) is 11.1 Å². The summed E-state index contributed by atoms with van der Waals surface area (Å²) in [5, 5.41) is 0. The Morgan fingerprint density at radius 2 is 1.75 bits per heavy atom. The second kappa shape index (κ2) is 7.95. The van der Waals surface area contributed by atoms with E-state index in [1.165, 1.54) is 48.7 Å². The number of carbonyl (C=O) groups is 1. The molecule has 1 aliphatic heterocycles. The molecule has 164 valence electrons. The molecule has 2 aromatic heterocycles. The van der Waals surface area contributed by atoms with Gasteiger partial charge in [-0.2, -0.15) is 8.78 Å². The van der Waals surface area contributed by atoms with Crippen LogP contribution in [0.15, 0.2) is 55.1 Å². The van der Waals surface area contributed by atoms with Crippen molar-refractivity contribution in [2.75, 3.05) is 7.05 Å². The molecule has 7 nitrogen and oxygen atoms in total. The number of likely N-dealkylation sites (N-methyl/N-ethyl adjacent to an activating group) is 1. The third kappa shape index (κ3) is 3.53. The highest BCUT2D eigenvalue weighted by Gasteiger charge is 2.54. The molecule has 1 amide bonds. The Bertz CT molecular complexity index is 1230. The highest BCUT2D eigenvalue weighted by Crippen LogP contribution is 2.34. The first-order valence-corrected chi connectivity index (χ1v) is 9.53. The normalized spacial score (nSPS) is 18.2. The number of pyridine rings is 2. The van der Waals surface area contributed by atoms with Crippen molar-refractivity contribution in [3.63, 3.8) is 0 Å². The number of hydrogen-bond acceptors (Lipinski definition) is 5. The molecule has 0 saturated carbocycles. The number of halogens is 3. The van der Waals surface area contributed by atoms with E-state index in [-0.39, 0.29) is 11.7 Å². The lowest BCUT2D eigenvalue weighted by atomic mass is 9.82. The summed E-state index contributed by atoms with van der Waals surface area (Å²) in [6.45, 7) is -1.38. The zero-order valence-electron chi connectivity index (χ0n) is 17.1. The van der Waals surface area contributed by atoms with Gasteiger partial charge in [0.05, 0.1) is 13.2 Å². The first kappa shape index (κ1) is 21.3. The summed E-state index contributed by atoms with van der Waals surface area (Å²) in [5.41, 5.74) is 6.84. The second-order valence-electron chi connectivity index (χ2n) is 7.34. The molecule has 4 rings (SSSR count). The van der Waals surface area contributed by atoms with E-state index < -0.39 is 23.9 Å². The number of aromatic nitrogens is 2. The van der Waals surface area contributed by atoms with Gasteiger partial charge in [0.25, 0.3) is 0 Å². The smallest absolute Gasteiger partial charge is 0.387 e. The van der Waals surface area contributed by atoms with Crippen molar-refractivity contribution in [3.05, 3.63) is 77.6 Å². The van der Waals surface area contributed by atoms with Gasteiger partial charge in [0.15, 0.2) is 0 Å². The third-order valence-electron chi connectivity index (χ3n) is 5.34. The lowest BCUT2D eigenvalue weighted by Crippen LogP contribution is -2.85. The van der Waals surface area contributed by atoms with Gasteiger partial charge >= 0.3 is 18.5 Å². The van der Waals surface area contributed by atoms with E-state index in [1.54, 1.807) is 19.1 Å². The number of nitrogens with zero attached hydrogens (tertiary/aromatic N) is 3. The summed E-state index contributed by atoms with van der Waals surface area (Å²) < 4.78 is 43.6. The van der Waals surface area contributed by atoms with Crippen molar-refractivity contribution in [2.45, 2.75) is 19.1 Å². The topological polar surface area (TPSA) is 95.3 Å². The predicted octanol–water partition coefficient (Wildman–Crippen LogP) is 1.30.